The molecule has 1 unspecified atom stereocenters. The fraction of sp³-hybridized carbons (Fsp3) is 0.571. The summed E-state index contributed by atoms with van der Waals surface area (Å²) < 4.78 is 0. The van der Waals surface area contributed by atoms with Gasteiger partial charge >= 0.3 is 0 Å². The van der Waals surface area contributed by atoms with Crippen LogP contribution >= 0.6 is 0 Å². The Morgan fingerprint density at radius 3 is 2.73 bits per heavy atom. The molecule has 1 heteroatoms. The molecule has 0 aromatic heterocycles. The molecule has 0 aliphatic heterocycles. The number of hydrogen-bond acceptors (Lipinski definition) is 1. The molecule has 0 aliphatic rings. The lowest BCUT2D eigenvalue weighted by Gasteiger charge is -2.09. The molecule has 0 fully saturated rings. The molecule has 15 heavy (non-hydrogen) atoms. The molecule has 1 aromatic rings. The second kappa shape index (κ2) is 6.62. The summed E-state index contributed by atoms with van der Waals surface area (Å²) in [6.45, 7) is 4.34. The largest absolute Gasteiger partial charge is 0.328 e. The van der Waals surface area contributed by atoms with E-state index < -0.39 is 0 Å². The van der Waals surface area contributed by atoms with Crippen LogP contribution in [0, 0.1) is 6.92 Å². The number of aryl methyl sites for hydroxylation is 2. The highest BCUT2D eigenvalue weighted by Crippen LogP contribution is 2.10. The van der Waals surface area contributed by atoms with E-state index in [0.29, 0.717) is 6.04 Å². The molecule has 0 amide bonds. The van der Waals surface area contributed by atoms with E-state index in [1.807, 2.05) is 0 Å². The van der Waals surface area contributed by atoms with Crippen LogP contribution in [0.4, 0.5) is 0 Å². The van der Waals surface area contributed by atoms with Gasteiger partial charge in [-0.15, -0.1) is 0 Å². The normalized spacial score (nSPS) is 12.7. The Morgan fingerprint density at radius 2 is 2.07 bits per heavy atom. The molecule has 84 valence electrons. The van der Waals surface area contributed by atoms with Crippen molar-refractivity contribution in [1.29, 1.82) is 0 Å². The van der Waals surface area contributed by atoms with Gasteiger partial charge in [0.25, 0.3) is 0 Å². The van der Waals surface area contributed by atoms with E-state index in [4.69, 9.17) is 5.73 Å². The molecule has 1 atom stereocenters. The Kier molecular flexibility index (Phi) is 5.41. The van der Waals surface area contributed by atoms with Crippen molar-refractivity contribution in [2.45, 2.75) is 52.0 Å². The summed E-state index contributed by atoms with van der Waals surface area (Å²) in [7, 11) is 0. The smallest absolute Gasteiger partial charge is 0.00388 e. The Hall–Kier alpha value is -0.820. The van der Waals surface area contributed by atoms with Gasteiger partial charge in [0, 0.05) is 6.04 Å². The van der Waals surface area contributed by atoms with Gasteiger partial charge in [0.15, 0.2) is 0 Å². The summed E-state index contributed by atoms with van der Waals surface area (Å²) in [6, 6.07) is 9.16. The fourth-order valence-corrected chi connectivity index (χ4v) is 1.95. The SMILES string of the molecule is CCCC(N)CCCc1cccc(C)c1. The zero-order valence-electron chi connectivity index (χ0n) is 10.00. The molecule has 0 saturated heterocycles. The maximum absolute atomic E-state index is 5.98. The first kappa shape index (κ1) is 12.3. The Morgan fingerprint density at radius 1 is 1.27 bits per heavy atom. The first-order valence-electron chi connectivity index (χ1n) is 6.03. The molecule has 0 radical (unpaired) electrons. The minimum Gasteiger partial charge on any atom is -0.328 e. The summed E-state index contributed by atoms with van der Waals surface area (Å²) in [5, 5.41) is 0. The minimum absolute atomic E-state index is 0.403. The second-order valence-corrected chi connectivity index (χ2v) is 4.43. The summed E-state index contributed by atoms with van der Waals surface area (Å²) in [6.07, 6.45) is 5.89. The lowest BCUT2D eigenvalue weighted by Crippen LogP contribution is -2.19. The fourth-order valence-electron chi connectivity index (χ4n) is 1.95. The number of benzene rings is 1. The van der Waals surface area contributed by atoms with Crippen molar-refractivity contribution in [3.05, 3.63) is 35.4 Å². The van der Waals surface area contributed by atoms with E-state index in [1.165, 1.54) is 30.4 Å². The number of rotatable bonds is 6. The van der Waals surface area contributed by atoms with Crippen LogP contribution in [0.3, 0.4) is 0 Å². The molecule has 1 aromatic carbocycles. The topological polar surface area (TPSA) is 26.0 Å². The highest BCUT2D eigenvalue weighted by Gasteiger charge is 2.01. The third-order valence-corrected chi connectivity index (χ3v) is 2.78. The quantitative estimate of drug-likeness (QED) is 0.756. The van der Waals surface area contributed by atoms with Crippen LogP contribution in [0.1, 0.15) is 43.7 Å². The monoisotopic (exact) mass is 205 g/mol. The molecule has 0 aliphatic carbocycles. The Balaban J connectivity index is 2.25. The maximum atomic E-state index is 5.98. The zero-order chi connectivity index (χ0) is 11.1. The third kappa shape index (κ3) is 4.98. The minimum atomic E-state index is 0.403. The van der Waals surface area contributed by atoms with E-state index in [-0.39, 0.29) is 0 Å². The maximum Gasteiger partial charge on any atom is 0.00388 e. The van der Waals surface area contributed by atoms with Crippen LogP contribution < -0.4 is 5.73 Å². The van der Waals surface area contributed by atoms with Crippen molar-refractivity contribution in [1.82, 2.24) is 0 Å². The van der Waals surface area contributed by atoms with Gasteiger partial charge in [-0.2, -0.15) is 0 Å². The van der Waals surface area contributed by atoms with Crippen LogP contribution in [0.15, 0.2) is 24.3 Å². The molecular weight excluding hydrogens is 182 g/mol. The van der Waals surface area contributed by atoms with E-state index in [2.05, 4.69) is 38.1 Å². The van der Waals surface area contributed by atoms with E-state index in [0.717, 1.165) is 12.8 Å². The van der Waals surface area contributed by atoms with Gasteiger partial charge in [-0.25, -0.2) is 0 Å². The predicted molar refractivity (Wildman–Crippen MR) is 67.0 cm³/mol. The molecule has 1 rings (SSSR count). The van der Waals surface area contributed by atoms with Crippen LogP contribution in [0.5, 0.6) is 0 Å². The van der Waals surface area contributed by atoms with Crippen molar-refractivity contribution >= 4 is 0 Å². The molecule has 1 nitrogen and oxygen atoms in total. The highest BCUT2D eigenvalue weighted by atomic mass is 14.6. The van der Waals surface area contributed by atoms with Crippen LogP contribution in [0.25, 0.3) is 0 Å². The molecular formula is C14H23N. The summed E-state index contributed by atoms with van der Waals surface area (Å²) >= 11 is 0. The highest BCUT2D eigenvalue weighted by molar-refractivity contribution is 5.22. The van der Waals surface area contributed by atoms with Crippen LogP contribution in [0.2, 0.25) is 0 Å². The summed E-state index contributed by atoms with van der Waals surface area (Å²) in [5.41, 5.74) is 8.77. The molecule has 0 bridgehead atoms. The third-order valence-electron chi connectivity index (χ3n) is 2.78. The van der Waals surface area contributed by atoms with Crippen molar-refractivity contribution in [2.24, 2.45) is 5.73 Å². The van der Waals surface area contributed by atoms with Crippen molar-refractivity contribution in [2.75, 3.05) is 0 Å². The zero-order valence-corrected chi connectivity index (χ0v) is 10.00. The van der Waals surface area contributed by atoms with Gasteiger partial charge in [0.1, 0.15) is 0 Å². The van der Waals surface area contributed by atoms with Gasteiger partial charge < -0.3 is 5.73 Å². The lowest BCUT2D eigenvalue weighted by molar-refractivity contribution is 0.539. The number of hydrogen-bond donors (Lipinski definition) is 1. The standard InChI is InChI=1S/C14H23N/c1-3-6-14(15)10-5-9-13-8-4-7-12(2)11-13/h4,7-8,11,14H,3,5-6,9-10,15H2,1-2H3. The molecule has 2 N–H and O–H groups in total. The van der Waals surface area contributed by atoms with Gasteiger partial charge in [-0.1, -0.05) is 43.2 Å². The van der Waals surface area contributed by atoms with Gasteiger partial charge in [-0.05, 0) is 38.2 Å². The van der Waals surface area contributed by atoms with E-state index in [1.54, 1.807) is 0 Å². The van der Waals surface area contributed by atoms with Crippen molar-refractivity contribution < 1.29 is 0 Å². The first-order chi connectivity index (χ1) is 7.22. The van der Waals surface area contributed by atoms with Gasteiger partial charge in [0.05, 0.1) is 0 Å². The number of nitrogens with two attached hydrogens (primary N) is 1. The van der Waals surface area contributed by atoms with Crippen LogP contribution in [-0.4, -0.2) is 6.04 Å². The Labute approximate surface area is 93.7 Å². The Bertz CT molecular complexity index is 280. The average molecular weight is 205 g/mol. The summed E-state index contributed by atoms with van der Waals surface area (Å²) in [5.74, 6) is 0. The second-order valence-electron chi connectivity index (χ2n) is 4.43. The first-order valence-corrected chi connectivity index (χ1v) is 6.03. The molecule has 0 saturated carbocycles. The lowest BCUT2D eigenvalue weighted by atomic mass is 10.0. The molecule has 0 heterocycles. The summed E-state index contributed by atoms with van der Waals surface area (Å²) in [4.78, 5) is 0. The van der Waals surface area contributed by atoms with E-state index in [9.17, 15) is 0 Å². The predicted octanol–water partition coefficient (Wildman–Crippen LogP) is 3.45. The van der Waals surface area contributed by atoms with Gasteiger partial charge in [-0.3, -0.25) is 0 Å². The average Bonchev–Trinajstić information content (AvgIpc) is 2.18. The van der Waals surface area contributed by atoms with E-state index >= 15 is 0 Å². The molecule has 0 spiro atoms. The van der Waals surface area contributed by atoms with Crippen molar-refractivity contribution in [3.8, 4) is 0 Å². The van der Waals surface area contributed by atoms with Crippen LogP contribution in [-0.2, 0) is 6.42 Å². The van der Waals surface area contributed by atoms with Gasteiger partial charge in [0.2, 0.25) is 0 Å². The van der Waals surface area contributed by atoms with Crippen molar-refractivity contribution in [3.63, 3.8) is 0 Å².